The standard InChI is InChI=1S/C18H19BrN2O3/c1-10-5-11-6-12(19)7-14-16(11)21(10)9-15(17(14)22)18(23)20-8-13-3-2-4-24-13/h6-7,9-10,13H,2-5,8H2,1H3,(H,20,23)/t10-,13+/m0/s1. The summed E-state index contributed by atoms with van der Waals surface area (Å²) >= 11 is 3.47. The van der Waals surface area contributed by atoms with E-state index in [1.165, 1.54) is 0 Å². The molecule has 1 aromatic heterocycles. The first-order valence-corrected chi connectivity index (χ1v) is 9.11. The van der Waals surface area contributed by atoms with Crippen LogP contribution in [0.2, 0.25) is 0 Å². The summed E-state index contributed by atoms with van der Waals surface area (Å²) < 4.78 is 8.45. The molecule has 2 atom stereocenters. The number of carbonyl (C=O) groups is 1. The van der Waals surface area contributed by atoms with Crippen molar-refractivity contribution in [2.75, 3.05) is 13.2 Å². The zero-order valence-corrected chi connectivity index (χ0v) is 15.1. The molecule has 2 aliphatic rings. The second-order valence-corrected chi connectivity index (χ2v) is 7.55. The van der Waals surface area contributed by atoms with Crippen LogP contribution >= 0.6 is 15.9 Å². The van der Waals surface area contributed by atoms with Crippen molar-refractivity contribution < 1.29 is 9.53 Å². The summed E-state index contributed by atoms with van der Waals surface area (Å²) in [7, 11) is 0. The Morgan fingerprint density at radius 2 is 2.29 bits per heavy atom. The second-order valence-electron chi connectivity index (χ2n) is 6.64. The highest BCUT2D eigenvalue weighted by Gasteiger charge is 2.25. The maximum absolute atomic E-state index is 12.8. The predicted octanol–water partition coefficient (Wildman–Crippen LogP) is 2.79. The van der Waals surface area contributed by atoms with E-state index in [-0.39, 0.29) is 29.0 Å². The highest BCUT2D eigenvalue weighted by atomic mass is 79.9. The second kappa shape index (κ2) is 6.01. The largest absolute Gasteiger partial charge is 0.376 e. The predicted molar refractivity (Wildman–Crippen MR) is 95.6 cm³/mol. The van der Waals surface area contributed by atoms with Crippen LogP contribution in [0.4, 0.5) is 0 Å². The highest BCUT2D eigenvalue weighted by Crippen LogP contribution is 2.33. The summed E-state index contributed by atoms with van der Waals surface area (Å²) in [5.41, 5.74) is 2.10. The Kier molecular flexibility index (Phi) is 3.96. The van der Waals surface area contributed by atoms with Crippen LogP contribution in [0.1, 0.15) is 41.7 Å². The van der Waals surface area contributed by atoms with E-state index in [4.69, 9.17) is 4.74 Å². The molecule has 3 heterocycles. The number of pyridine rings is 1. The lowest BCUT2D eigenvalue weighted by molar-refractivity contribution is 0.0856. The monoisotopic (exact) mass is 390 g/mol. The normalized spacial score (nSPS) is 22.2. The van der Waals surface area contributed by atoms with Crippen molar-refractivity contribution in [3.63, 3.8) is 0 Å². The average Bonchev–Trinajstić information content (AvgIpc) is 3.16. The molecule has 5 nitrogen and oxygen atoms in total. The molecule has 0 radical (unpaired) electrons. The first-order chi connectivity index (χ1) is 11.5. The lowest BCUT2D eigenvalue weighted by atomic mass is 10.1. The van der Waals surface area contributed by atoms with Gasteiger partial charge in [0, 0.05) is 35.2 Å². The molecule has 2 aliphatic heterocycles. The van der Waals surface area contributed by atoms with Gasteiger partial charge in [0.2, 0.25) is 5.43 Å². The van der Waals surface area contributed by atoms with Crippen LogP contribution in [-0.2, 0) is 11.2 Å². The molecule has 24 heavy (non-hydrogen) atoms. The molecule has 1 N–H and O–H groups in total. The number of benzene rings is 1. The van der Waals surface area contributed by atoms with Crippen molar-refractivity contribution >= 4 is 32.7 Å². The minimum Gasteiger partial charge on any atom is -0.376 e. The van der Waals surface area contributed by atoms with Gasteiger partial charge in [0.25, 0.3) is 5.91 Å². The van der Waals surface area contributed by atoms with E-state index in [0.717, 1.165) is 41.4 Å². The molecule has 0 saturated carbocycles. The third-order valence-electron chi connectivity index (χ3n) is 4.92. The number of aromatic nitrogens is 1. The zero-order chi connectivity index (χ0) is 16.8. The molecule has 4 rings (SSSR count). The fraction of sp³-hybridized carbons (Fsp3) is 0.444. The Morgan fingerprint density at radius 1 is 1.46 bits per heavy atom. The van der Waals surface area contributed by atoms with Crippen LogP contribution in [0.25, 0.3) is 10.9 Å². The molecule has 0 bridgehead atoms. The number of amides is 1. The quantitative estimate of drug-likeness (QED) is 0.876. The van der Waals surface area contributed by atoms with Gasteiger partial charge in [-0.15, -0.1) is 0 Å². The third kappa shape index (κ3) is 2.58. The topological polar surface area (TPSA) is 60.3 Å². The molecular formula is C18H19BrN2O3. The fourth-order valence-corrected chi connectivity index (χ4v) is 4.23. The van der Waals surface area contributed by atoms with Gasteiger partial charge in [-0.05, 0) is 43.9 Å². The molecule has 0 spiro atoms. The molecule has 0 aliphatic carbocycles. The Hall–Kier alpha value is -1.66. The van der Waals surface area contributed by atoms with Crippen molar-refractivity contribution in [1.82, 2.24) is 9.88 Å². The molecule has 0 unspecified atom stereocenters. The van der Waals surface area contributed by atoms with E-state index in [9.17, 15) is 9.59 Å². The number of carbonyl (C=O) groups excluding carboxylic acids is 1. The number of hydrogen-bond acceptors (Lipinski definition) is 3. The Bertz CT molecular complexity index is 884. The van der Waals surface area contributed by atoms with E-state index >= 15 is 0 Å². The molecule has 6 heteroatoms. The van der Waals surface area contributed by atoms with Gasteiger partial charge in [0.15, 0.2) is 0 Å². The molecule has 1 amide bonds. The van der Waals surface area contributed by atoms with Crippen molar-refractivity contribution in [3.05, 3.63) is 44.2 Å². The number of rotatable bonds is 3. The summed E-state index contributed by atoms with van der Waals surface area (Å²) in [6.45, 7) is 3.30. The van der Waals surface area contributed by atoms with Crippen molar-refractivity contribution in [3.8, 4) is 0 Å². The van der Waals surface area contributed by atoms with E-state index in [1.54, 1.807) is 6.20 Å². The SMILES string of the molecule is C[C@H]1Cc2cc(Br)cc3c(=O)c(C(=O)NC[C@H]4CCCO4)cn1c23. The lowest BCUT2D eigenvalue weighted by Gasteiger charge is -2.14. The van der Waals surface area contributed by atoms with E-state index in [1.807, 2.05) is 6.07 Å². The van der Waals surface area contributed by atoms with Gasteiger partial charge in [0.05, 0.1) is 11.6 Å². The van der Waals surface area contributed by atoms with Crippen LogP contribution in [0, 0.1) is 0 Å². The van der Waals surface area contributed by atoms with Crippen molar-refractivity contribution in [1.29, 1.82) is 0 Å². The van der Waals surface area contributed by atoms with Crippen LogP contribution in [0.15, 0.2) is 27.6 Å². The van der Waals surface area contributed by atoms with E-state index in [0.29, 0.717) is 11.9 Å². The summed E-state index contributed by atoms with van der Waals surface area (Å²) in [4.78, 5) is 25.4. The van der Waals surface area contributed by atoms with Crippen LogP contribution < -0.4 is 10.7 Å². The number of ether oxygens (including phenoxy) is 1. The first kappa shape index (κ1) is 15.8. The van der Waals surface area contributed by atoms with Gasteiger partial charge >= 0.3 is 0 Å². The summed E-state index contributed by atoms with van der Waals surface area (Å²) in [6.07, 6.45) is 4.63. The van der Waals surface area contributed by atoms with Crippen molar-refractivity contribution in [2.45, 2.75) is 38.3 Å². The van der Waals surface area contributed by atoms with Crippen LogP contribution in [-0.4, -0.2) is 29.7 Å². The fourth-order valence-electron chi connectivity index (χ4n) is 3.73. The highest BCUT2D eigenvalue weighted by molar-refractivity contribution is 9.10. The Balaban J connectivity index is 1.73. The minimum absolute atomic E-state index is 0.0620. The van der Waals surface area contributed by atoms with Gasteiger partial charge in [-0.3, -0.25) is 9.59 Å². The van der Waals surface area contributed by atoms with Gasteiger partial charge in [-0.2, -0.15) is 0 Å². The number of nitrogens with one attached hydrogen (secondary N) is 1. The van der Waals surface area contributed by atoms with Gasteiger partial charge in [0.1, 0.15) is 5.56 Å². The van der Waals surface area contributed by atoms with Gasteiger partial charge in [-0.1, -0.05) is 15.9 Å². The number of hydrogen-bond donors (Lipinski definition) is 1. The maximum atomic E-state index is 12.8. The number of nitrogens with zero attached hydrogens (tertiary/aromatic N) is 1. The van der Waals surface area contributed by atoms with E-state index < -0.39 is 0 Å². The molecule has 1 fully saturated rings. The summed E-state index contributed by atoms with van der Waals surface area (Å²) in [5.74, 6) is -0.318. The van der Waals surface area contributed by atoms with Gasteiger partial charge < -0.3 is 14.6 Å². The molecule has 2 aromatic rings. The molecule has 1 aromatic carbocycles. The zero-order valence-electron chi connectivity index (χ0n) is 13.5. The summed E-state index contributed by atoms with van der Waals surface area (Å²) in [6, 6.07) is 4.10. The van der Waals surface area contributed by atoms with Crippen LogP contribution in [0.5, 0.6) is 0 Å². The Morgan fingerprint density at radius 3 is 3.04 bits per heavy atom. The Labute approximate surface area is 148 Å². The third-order valence-corrected chi connectivity index (χ3v) is 5.38. The van der Waals surface area contributed by atoms with Gasteiger partial charge in [-0.25, -0.2) is 0 Å². The molecular weight excluding hydrogens is 372 g/mol. The minimum atomic E-state index is -0.318. The first-order valence-electron chi connectivity index (χ1n) is 8.31. The molecule has 126 valence electrons. The van der Waals surface area contributed by atoms with E-state index in [2.05, 4.69) is 38.8 Å². The number of halogens is 1. The van der Waals surface area contributed by atoms with Crippen LogP contribution in [0.3, 0.4) is 0 Å². The maximum Gasteiger partial charge on any atom is 0.256 e. The smallest absolute Gasteiger partial charge is 0.256 e. The van der Waals surface area contributed by atoms with Crippen molar-refractivity contribution in [2.24, 2.45) is 0 Å². The summed E-state index contributed by atoms with van der Waals surface area (Å²) in [5, 5.41) is 3.46. The average molecular weight is 391 g/mol. The lowest BCUT2D eigenvalue weighted by Crippen LogP contribution is -2.35. The molecule has 1 saturated heterocycles.